The maximum atomic E-state index is 14.3. The van der Waals surface area contributed by atoms with Gasteiger partial charge in [0.2, 0.25) is 5.91 Å². The van der Waals surface area contributed by atoms with Gasteiger partial charge in [-0.3, -0.25) is 9.52 Å². The number of sulfonamides is 1. The number of aromatic nitrogens is 2. The maximum Gasteiger partial charge on any atom is 0.264 e. The standard InChI is InChI=1S/C25H20F2N4O3S/c1-31-13-28-20-5-3-14(9-21(20)31)17-11-16(12-18-23(17)29-24(32)25(18)7-2-8-25)30-35(33,34)22-6-4-15(26)10-19(22)27/h3-6,9-13,30H,2,7-8H2,1H3,(H,29,32). The Balaban J connectivity index is 1.52. The lowest BCUT2D eigenvalue weighted by Gasteiger charge is -2.36. The minimum atomic E-state index is -4.36. The number of hydrogen-bond acceptors (Lipinski definition) is 4. The van der Waals surface area contributed by atoms with E-state index in [1.807, 2.05) is 29.8 Å². The molecule has 1 spiro atoms. The van der Waals surface area contributed by atoms with Crippen molar-refractivity contribution in [2.45, 2.75) is 29.6 Å². The van der Waals surface area contributed by atoms with Crippen molar-refractivity contribution in [2.75, 3.05) is 10.0 Å². The van der Waals surface area contributed by atoms with E-state index in [9.17, 15) is 22.0 Å². The Morgan fingerprint density at radius 1 is 1.09 bits per heavy atom. The van der Waals surface area contributed by atoms with Crippen LogP contribution >= 0.6 is 0 Å². The number of hydrogen-bond donors (Lipinski definition) is 2. The fourth-order valence-electron chi connectivity index (χ4n) is 5.02. The molecule has 0 unspecified atom stereocenters. The van der Waals surface area contributed by atoms with E-state index >= 15 is 0 Å². The topological polar surface area (TPSA) is 93.1 Å². The molecule has 4 aromatic rings. The largest absolute Gasteiger partial charge is 0.334 e. The Morgan fingerprint density at radius 2 is 1.89 bits per heavy atom. The molecule has 178 valence electrons. The summed E-state index contributed by atoms with van der Waals surface area (Å²) < 4.78 is 57.9. The van der Waals surface area contributed by atoms with Crippen molar-refractivity contribution in [3.05, 3.63) is 72.1 Å². The number of carbonyl (C=O) groups is 1. The molecule has 7 nitrogen and oxygen atoms in total. The zero-order valence-corrected chi connectivity index (χ0v) is 19.4. The molecule has 1 aliphatic heterocycles. The molecule has 1 aromatic heterocycles. The average molecular weight is 495 g/mol. The lowest BCUT2D eigenvalue weighted by molar-refractivity contribution is -0.123. The van der Waals surface area contributed by atoms with E-state index in [1.54, 1.807) is 18.5 Å². The van der Waals surface area contributed by atoms with Crippen LogP contribution in [0.5, 0.6) is 0 Å². The van der Waals surface area contributed by atoms with E-state index < -0.39 is 32.0 Å². The van der Waals surface area contributed by atoms with Gasteiger partial charge in [-0.25, -0.2) is 22.2 Å². The molecule has 35 heavy (non-hydrogen) atoms. The number of fused-ring (bicyclic) bond motifs is 3. The highest BCUT2D eigenvalue weighted by molar-refractivity contribution is 7.92. The van der Waals surface area contributed by atoms with Crippen molar-refractivity contribution in [1.82, 2.24) is 9.55 Å². The van der Waals surface area contributed by atoms with Gasteiger partial charge < -0.3 is 9.88 Å². The molecule has 1 fully saturated rings. The lowest BCUT2D eigenvalue weighted by Crippen LogP contribution is -2.40. The zero-order chi connectivity index (χ0) is 24.5. The van der Waals surface area contributed by atoms with E-state index in [2.05, 4.69) is 15.0 Å². The van der Waals surface area contributed by atoms with Crippen LogP contribution in [-0.2, 0) is 27.3 Å². The summed E-state index contributed by atoms with van der Waals surface area (Å²) in [6, 6.07) is 11.2. The predicted molar refractivity (Wildman–Crippen MR) is 127 cm³/mol. The number of rotatable bonds is 4. The van der Waals surface area contributed by atoms with Crippen molar-refractivity contribution >= 4 is 38.3 Å². The van der Waals surface area contributed by atoms with Crippen molar-refractivity contribution in [2.24, 2.45) is 7.05 Å². The van der Waals surface area contributed by atoms with Crippen molar-refractivity contribution in [3.63, 3.8) is 0 Å². The zero-order valence-electron chi connectivity index (χ0n) is 18.6. The van der Waals surface area contributed by atoms with Crippen LogP contribution in [0.2, 0.25) is 0 Å². The summed E-state index contributed by atoms with van der Waals surface area (Å²) in [5, 5.41) is 3.01. The second kappa shape index (κ2) is 7.35. The molecule has 10 heteroatoms. The number of imidazole rings is 1. The fourth-order valence-corrected chi connectivity index (χ4v) is 6.12. The van der Waals surface area contributed by atoms with Gasteiger partial charge in [-0.05, 0) is 60.4 Å². The average Bonchev–Trinajstić information content (AvgIpc) is 3.28. The van der Waals surface area contributed by atoms with Crippen LogP contribution in [0.3, 0.4) is 0 Å². The molecule has 2 N–H and O–H groups in total. The van der Waals surface area contributed by atoms with E-state index in [0.29, 0.717) is 35.7 Å². The van der Waals surface area contributed by atoms with Crippen molar-refractivity contribution < 1.29 is 22.0 Å². The molecule has 0 saturated heterocycles. The first-order valence-electron chi connectivity index (χ1n) is 11.1. The maximum absolute atomic E-state index is 14.3. The van der Waals surface area contributed by atoms with Gasteiger partial charge in [0.15, 0.2) is 0 Å². The van der Waals surface area contributed by atoms with E-state index in [4.69, 9.17) is 0 Å². The van der Waals surface area contributed by atoms with Gasteiger partial charge >= 0.3 is 0 Å². The molecule has 1 aliphatic carbocycles. The molecule has 6 rings (SSSR count). The first-order chi connectivity index (χ1) is 16.7. The molecule has 1 saturated carbocycles. The summed E-state index contributed by atoms with van der Waals surface area (Å²) in [5.74, 6) is -2.16. The van der Waals surface area contributed by atoms with Crippen LogP contribution in [-0.4, -0.2) is 23.9 Å². The van der Waals surface area contributed by atoms with Gasteiger partial charge in [-0.2, -0.15) is 0 Å². The Kier molecular flexibility index (Phi) is 4.56. The molecular weight excluding hydrogens is 474 g/mol. The monoisotopic (exact) mass is 494 g/mol. The number of anilines is 2. The summed E-state index contributed by atoms with van der Waals surface area (Å²) in [7, 11) is -2.49. The summed E-state index contributed by atoms with van der Waals surface area (Å²) in [6.07, 6.45) is 3.91. The van der Waals surface area contributed by atoms with Crippen LogP contribution in [0, 0.1) is 11.6 Å². The van der Waals surface area contributed by atoms with Crippen LogP contribution in [0.1, 0.15) is 24.8 Å². The second-order valence-electron chi connectivity index (χ2n) is 9.08. The minimum Gasteiger partial charge on any atom is -0.334 e. The lowest BCUT2D eigenvalue weighted by atomic mass is 9.65. The third-order valence-electron chi connectivity index (χ3n) is 7.01. The Bertz CT molecular complexity index is 1660. The number of nitrogens with zero attached hydrogens (tertiary/aromatic N) is 2. The highest BCUT2D eigenvalue weighted by Crippen LogP contribution is 2.54. The molecule has 1 amide bonds. The molecule has 0 radical (unpaired) electrons. The number of benzene rings is 3. The molecule has 2 aliphatic rings. The van der Waals surface area contributed by atoms with Gasteiger partial charge in [0.05, 0.1) is 28.5 Å². The van der Waals surface area contributed by atoms with Gasteiger partial charge in [-0.1, -0.05) is 12.5 Å². The normalized spacial score (nSPS) is 16.3. The molecule has 0 atom stereocenters. The van der Waals surface area contributed by atoms with Gasteiger partial charge in [-0.15, -0.1) is 0 Å². The van der Waals surface area contributed by atoms with Gasteiger partial charge in [0.1, 0.15) is 16.5 Å². The number of halogens is 2. The van der Waals surface area contributed by atoms with Crippen LogP contribution in [0.4, 0.5) is 20.2 Å². The smallest absolute Gasteiger partial charge is 0.264 e. The summed E-state index contributed by atoms with van der Waals surface area (Å²) in [5.41, 5.74) is 3.93. The third-order valence-corrected chi connectivity index (χ3v) is 8.42. The number of aryl methyl sites for hydroxylation is 1. The Hall–Kier alpha value is -3.79. The predicted octanol–water partition coefficient (Wildman–Crippen LogP) is 4.69. The number of carbonyl (C=O) groups excluding carboxylic acids is 1. The van der Waals surface area contributed by atoms with E-state index in [0.717, 1.165) is 35.2 Å². The van der Waals surface area contributed by atoms with E-state index in [-0.39, 0.29) is 11.6 Å². The SMILES string of the molecule is Cn1cnc2ccc(-c3cc(NS(=O)(=O)c4ccc(F)cc4F)cc4c3NC(=O)C43CCC3)cc21. The molecule has 0 bridgehead atoms. The van der Waals surface area contributed by atoms with Crippen LogP contribution in [0.15, 0.2) is 59.8 Å². The Morgan fingerprint density at radius 3 is 2.60 bits per heavy atom. The number of nitrogens with one attached hydrogen (secondary N) is 2. The highest BCUT2D eigenvalue weighted by Gasteiger charge is 2.52. The van der Waals surface area contributed by atoms with Crippen LogP contribution in [0.25, 0.3) is 22.2 Å². The second-order valence-corrected chi connectivity index (χ2v) is 10.7. The van der Waals surface area contributed by atoms with Gasteiger partial charge in [0, 0.05) is 24.4 Å². The highest BCUT2D eigenvalue weighted by atomic mass is 32.2. The first kappa shape index (κ1) is 21.7. The van der Waals surface area contributed by atoms with E-state index in [1.165, 1.54) is 0 Å². The quantitative estimate of drug-likeness (QED) is 0.430. The van der Waals surface area contributed by atoms with Crippen LogP contribution < -0.4 is 10.0 Å². The van der Waals surface area contributed by atoms with Crippen molar-refractivity contribution in [1.29, 1.82) is 0 Å². The minimum absolute atomic E-state index is 0.105. The van der Waals surface area contributed by atoms with Gasteiger partial charge in [0.25, 0.3) is 10.0 Å². The third kappa shape index (κ3) is 3.23. The summed E-state index contributed by atoms with van der Waals surface area (Å²) in [4.78, 5) is 16.7. The fraction of sp³-hybridized carbons (Fsp3) is 0.200. The summed E-state index contributed by atoms with van der Waals surface area (Å²) >= 11 is 0. The first-order valence-corrected chi connectivity index (χ1v) is 12.6. The number of amides is 1. The Labute approximate surface area is 199 Å². The molecule has 2 heterocycles. The molecular formula is C25H20F2N4O3S. The van der Waals surface area contributed by atoms with Crippen molar-refractivity contribution in [3.8, 4) is 11.1 Å². The molecule has 3 aromatic carbocycles. The summed E-state index contributed by atoms with van der Waals surface area (Å²) in [6.45, 7) is 0.